The third-order valence-electron chi connectivity index (χ3n) is 3.43. The number of carbonyl (C=O) groups excluding carboxylic acids is 1. The number of rotatable bonds is 2. The van der Waals surface area contributed by atoms with E-state index in [0.29, 0.717) is 32.8 Å². The average molecular weight is 279 g/mol. The quantitative estimate of drug-likeness (QED) is 0.844. The Morgan fingerprint density at radius 1 is 1.26 bits per heavy atom. The smallest absolute Gasteiger partial charge is 0.242 e. The summed E-state index contributed by atoms with van der Waals surface area (Å²) in [6.45, 7) is 2.97. The van der Waals surface area contributed by atoms with Gasteiger partial charge in [-0.3, -0.25) is 4.79 Å². The zero-order valence-corrected chi connectivity index (χ0v) is 11.3. The minimum atomic E-state index is 0.126. The van der Waals surface area contributed by atoms with E-state index in [-0.39, 0.29) is 5.91 Å². The fourth-order valence-corrected chi connectivity index (χ4v) is 2.61. The van der Waals surface area contributed by atoms with Gasteiger partial charge < -0.3 is 14.2 Å². The maximum Gasteiger partial charge on any atom is 0.242 e. The molecule has 1 aromatic carbocycles. The van der Waals surface area contributed by atoms with Gasteiger partial charge in [0.2, 0.25) is 5.91 Å². The lowest BCUT2D eigenvalue weighted by molar-refractivity contribution is -0.135. The van der Waals surface area contributed by atoms with Crippen molar-refractivity contribution >= 4 is 28.4 Å². The minimum absolute atomic E-state index is 0.126. The van der Waals surface area contributed by atoms with Crippen LogP contribution in [0.25, 0.3) is 10.9 Å². The fourth-order valence-electron chi connectivity index (χ4n) is 2.38. The molecule has 0 saturated carbocycles. The van der Waals surface area contributed by atoms with Crippen LogP contribution in [0.1, 0.15) is 0 Å². The van der Waals surface area contributed by atoms with Crippen LogP contribution in [0.15, 0.2) is 30.5 Å². The fraction of sp³-hybridized carbons (Fsp3) is 0.357. The van der Waals surface area contributed by atoms with Gasteiger partial charge in [-0.15, -0.1) is 0 Å². The molecule has 1 aromatic heterocycles. The number of aromatic nitrogens is 1. The number of nitrogens with zero attached hydrogens (tertiary/aromatic N) is 2. The average Bonchev–Trinajstić information content (AvgIpc) is 2.84. The highest BCUT2D eigenvalue weighted by Crippen LogP contribution is 2.24. The van der Waals surface area contributed by atoms with Crippen LogP contribution in [0, 0.1) is 0 Å². The first kappa shape index (κ1) is 12.5. The van der Waals surface area contributed by atoms with E-state index in [1.807, 2.05) is 39.9 Å². The molecule has 1 fully saturated rings. The molecule has 0 atom stereocenters. The summed E-state index contributed by atoms with van der Waals surface area (Å²) in [5.74, 6) is 0.126. The second-order valence-corrected chi connectivity index (χ2v) is 5.02. The van der Waals surface area contributed by atoms with E-state index in [1.54, 1.807) is 0 Å². The van der Waals surface area contributed by atoms with Crippen LogP contribution in [0.4, 0.5) is 0 Å². The number of hydrogen-bond acceptors (Lipinski definition) is 2. The van der Waals surface area contributed by atoms with E-state index in [2.05, 4.69) is 0 Å². The van der Waals surface area contributed by atoms with Crippen LogP contribution in [0.3, 0.4) is 0 Å². The standard InChI is InChI=1S/C14H15ClN2O2/c15-12-2-1-3-13-11(12)4-5-17(13)10-14(18)16-6-8-19-9-7-16/h1-5H,6-10H2. The van der Waals surface area contributed by atoms with Crippen molar-refractivity contribution in [2.45, 2.75) is 6.54 Å². The first-order valence-electron chi connectivity index (χ1n) is 6.34. The Balaban J connectivity index is 1.81. The first-order chi connectivity index (χ1) is 9.25. The van der Waals surface area contributed by atoms with Crippen molar-refractivity contribution < 1.29 is 9.53 Å². The van der Waals surface area contributed by atoms with Gasteiger partial charge >= 0.3 is 0 Å². The highest BCUT2D eigenvalue weighted by atomic mass is 35.5. The molecule has 0 spiro atoms. The van der Waals surface area contributed by atoms with Gasteiger partial charge in [-0.1, -0.05) is 17.7 Å². The van der Waals surface area contributed by atoms with Gasteiger partial charge in [0.05, 0.1) is 13.2 Å². The summed E-state index contributed by atoms with van der Waals surface area (Å²) in [5.41, 5.74) is 0.995. The van der Waals surface area contributed by atoms with Crippen molar-refractivity contribution in [3.05, 3.63) is 35.5 Å². The Kier molecular flexibility index (Phi) is 3.44. The van der Waals surface area contributed by atoms with Gasteiger partial charge in [0.1, 0.15) is 6.54 Å². The van der Waals surface area contributed by atoms with Crippen molar-refractivity contribution in [1.29, 1.82) is 0 Å². The van der Waals surface area contributed by atoms with E-state index >= 15 is 0 Å². The van der Waals surface area contributed by atoms with Gasteiger partial charge in [-0.25, -0.2) is 0 Å². The predicted octanol–water partition coefficient (Wildman–Crippen LogP) is 2.15. The molecule has 5 heteroatoms. The summed E-state index contributed by atoms with van der Waals surface area (Å²) >= 11 is 6.13. The van der Waals surface area contributed by atoms with Crippen molar-refractivity contribution in [2.24, 2.45) is 0 Å². The molecule has 0 unspecified atom stereocenters. The lowest BCUT2D eigenvalue weighted by Gasteiger charge is -2.27. The molecular formula is C14H15ClN2O2. The Morgan fingerprint density at radius 3 is 2.84 bits per heavy atom. The zero-order valence-electron chi connectivity index (χ0n) is 10.5. The number of hydrogen-bond donors (Lipinski definition) is 0. The first-order valence-corrected chi connectivity index (χ1v) is 6.72. The highest BCUT2D eigenvalue weighted by molar-refractivity contribution is 6.35. The summed E-state index contributed by atoms with van der Waals surface area (Å²) in [6, 6.07) is 7.69. The maximum atomic E-state index is 12.2. The van der Waals surface area contributed by atoms with E-state index in [4.69, 9.17) is 16.3 Å². The monoisotopic (exact) mass is 278 g/mol. The number of halogens is 1. The molecule has 3 rings (SSSR count). The Morgan fingerprint density at radius 2 is 2.05 bits per heavy atom. The lowest BCUT2D eigenvalue weighted by atomic mass is 10.2. The Bertz CT molecular complexity index is 603. The van der Waals surface area contributed by atoms with Crippen LogP contribution in [-0.2, 0) is 16.1 Å². The summed E-state index contributed by atoms with van der Waals surface area (Å²) in [4.78, 5) is 14.1. The van der Waals surface area contributed by atoms with Crippen LogP contribution < -0.4 is 0 Å². The molecule has 4 nitrogen and oxygen atoms in total. The van der Waals surface area contributed by atoms with Gasteiger partial charge in [-0.05, 0) is 18.2 Å². The normalized spacial score (nSPS) is 15.9. The van der Waals surface area contributed by atoms with E-state index < -0.39 is 0 Å². The predicted molar refractivity (Wildman–Crippen MR) is 74.3 cm³/mol. The second kappa shape index (κ2) is 5.23. The number of carbonyl (C=O) groups is 1. The summed E-state index contributed by atoms with van der Waals surface area (Å²) in [6.07, 6.45) is 1.91. The molecule has 0 aliphatic carbocycles. The molecule has 19 heavy (non-hydrogen) atoms. The summed E-state index contributed by atoms with van der Waals surface area (Å²) < 4.78 is 7.20. The van der Waals surface area contributed by atoms with Crippen molar-refractivity contribution in [3.63, 3.8) is 0 Å². The summed E-state index contributed by atoms with van der Waals surface area (Å²) in [7, 11) is 0. The van der Waals surface area contributed by atoms with E-state index in [0.717, 1.165) is 15.9 Å². The van der Waals surface area contributed by atoms with Crippen LogP contribution >= 0.6 is 11.6 Å². The molecule has 1 saturated heterocycles. The van der Waals surface area contributed by atoms with Crippen molar-refractivity contribution in [3.8, 4) is 0 Å². The van der Waals surface area contributed by atoms with Gasteiger partial charge in [0.25, 0.3) is 0 Å². The van der Waals surface area contributed by atoms with Crippen molar-refractivity contribution in [1.82, 2.24) is 9.47 Å². The topological polar surface area (TPSA) is 34.5 Å². The van der Waals surface area contributed by atoms with E-state index in [1.165, 1.54) is 0 Å². The maximum absolute atomic E-state index is 12.2. The molecule has 2 heterocycles. The third-order valence-corrected chi connectivity index (χ3v) is 3.76. The van der Waals surface area contributed by atoms with Crippen molar-refractivity contribution in [2.75, 3.05) is 26.3 Å². The molecule has 100 valence electrons. The van der Waals surface area contributed by atoms with Gasteiger partial charge in [0, 0.05) is 35.2 Å². The molecule has 1 amide bonds. The van der Waals surface area contributed by atoms with Crippen LogP contribution in [-0.4, -0.2) is 41.7 Å². The minimum Gasteiger partial charge on any atom is -0.378 e. The van der Waals surface area contributed by atoms with E-state index in [9.17, 15) is 4.79 Å². The molecule has 0 bridgehead atoms. The van der Waals surface area contributed by atoms with Gasteiger partial charge in [-0.2, -0.15) is 0 Å². The number of benzene rings is 1. The molecule has 1 aliphatic heterocycles. The molecular weight excluding hydrogens is 264 g/mol. The SMILES string of the molecule is O=C(Cn1ccc2c(Cl)cccc21)N1CCOCC1. The largest absolute Gasteiger partial charge is 0.378 e. The zero-order chi connectivity index (χ0) is 13.2. The summed E-state index contributed by atoms with van der Waals surface area (Å²) in [5, 5.41) is 1.70. The lowest BCUT2D eigenvalue weighted by Crippen LogP contribution is -2.42. The number of amides is 1. The van der Waals surface area contributed by atoms with Crippen LogP contribution in [0.5, 0.6) is 0 Å². The molecule has 0 N–H and O–H groups in total. The third kappa shape index (κ3) is 2.46. The number of morpholine rings is 1. The highest BCUT2D eigenvalue weighted by Gasteiger charge is 2.17. The number of fused-ring (bicyclic) bond motifs is 1. The van der Waals surface area contributed by atoms with Gasteiger partial charge in [0.15, 0.2) is 0 Å². The van der Waals surface area contributed by atoms with Crippen LogP contribution in [0.2, 0.25) is 5.02 Å². The number of ether oxygens (including phenoxy) is 1. The Hall–Kier alpha value is -1.52. The molecule has 1 aliphatic rings. The molecule has 0 radical (unpaired) electrons. The second-order valence-electron chi connectivity index (χ2n) is 4.61. The molecule has 2 aromatic rings. The Labute approximate surface area is 116 Å².